The molecule has 0 aliphatic carbocycles. The molecule has 122 valence electrons. The highest BCUT2D eigenvalue weighted by Crippen LogP contribution is 2.21. The smallest absolute Gasteiger partial charge is 0.220 e. The zero-order chi connectivity index (χ0) is 16.4. The van der Waals surface area contributed by atoms with E-state index in [0.717, 1.165) is 23.7 Å². The second-order valence-corrected chi connectivity index (χ2v) is 6.75. The van der Waals surface area contributed by atoms with Crippen molar-refractivity contribution in [3.8, 4) is 0 Å². The number of thioether (sulfide) groups is 1. The van der Waals surface area contributed by atoms with Crippen LogP contribution in [0.1, 0.15) is 25.3 Å². The topological polar surface area (TPSA) is 72.6 Å². The fourth-order valence-corrected chi connectivity index (χ4v) is 3.51. The van der Waals surface area contributed by atoms with E-state index in [9.17, 15) is 15.2 Å². The third-order valence-corrected chi connectivity index (χ3v) is 4.41. The number of rotatable bonds is 9. The molecule has 0 heterocycles. The van der Waals surface area contributed by atoms with E-state index in [-0.39, 0.29) is 16.7 Å². The summed E-state index contributed by atoms with van der Waals surface area (Å²) in [5, 5.41) is 20.5. The van der Waals surface area contributed by atoms with Gasteiger partial charge in [-0.3, -0.25) is 10.1 Å². The van der Waals surface area contributed by atoms with Gasteiger partial charge in [0.05, 0.1) is 18.0 Å². The lowest BCUT2D eigenvalue weighted by Crippen LogP contribution is -2.24. The maximum absolute atomic E-state index is 10.7. The highest BCUT2D eigenvalue weighted by molar-refractivity contribution is 8.23. The van der Waals surface area contributed by atoms with Crippen LogP contribution >= 0.6 is 24.0 Å². The van der Waals surface area contributed by atoms with Gasteiger partial charge in [0.15, 0.2) is 0 Å². The molecule has 2 unspecified atom stereocenters. The normalized spacial score (nSPS) is 13.4. The molecular formula is C15H21NO4S2. The van der Waals surface area contributed by atoms with Crippen molar-refractivity contribution in [1.29, 1.82) is 0 Å². The number of nitro groups is 1. The Bertz CT molecular complexity index is 470. The fraction of sp³-hybridized carbons (Fsp3) is 0.533. The predicted octanol–water partition coefficient (Wildman–Crippen LogP) is 3.07. The first-order chi connectivity index (χ1) is 10.5. The number of aryl methyl sites for hydroxylation is 1. The van der Waals surface area contributed by atoms with Crippen LogP contribution in [0.5, 0.6) is 0 Å². The monoisotopic (exact) mass is 343 g/mol. The predicted molar refractivity (Wildman–Crippen MR) is 92.9 cm³/mol. The molecule has 0 amide bonds. The Morgan fingerprint density at radius 2 is 2.14 bits per heavy atom. The van der Waals surface area contributed by atoms with Crippen molar-refractivity contribution < 1.29 is 14.8 Å². The van der Waals surface area contributed by atoms with Gasteiger partial charge in [-0.05, 0) is 44.0 Å². The average molecular weight is 343 g/mol. The van der Waals surface area contributed by atoms with Crippen molar-refractivity contribution in [2.24, 2.45) is 0 Å². The Hall–Kier alpha value is -1.18. The Morgan fingerprint density at radius 1 is 1.45 bits per heavy atom. The van der Waals surface area contributed by atoms with Crippen molar-refractivity contribution in [3.63, 3.8) is 0 Å². The van der Waals surface area contributed by atoms with Gasteiger partial charge >= 0.3 is 0 Å². The number of nitrogens with zero attached hydrogens (tertiary/aromatic N) is 1. The van der Waals surface area contributed by atoms with Crippen LogP contribution in [0, 0.1) is 10.1 Å². The molecule has 0 aliphatic rings. The molecule has 0 fully saturated rings. The summed E-state index contributed by atoms with van der Waals surface area (Å²) in [6.45, 7) is 2.01. The highest BCUT2D eigenvalue weighted by atomic mass is 32.2. The third kappa shape index (κ3) is 8.31. The number of aliphatic hydroxyl groups excluding tert-OH is 1. The Kier molecular flexibility index (Phi) is 9.03. The van der Waals surface area contributed by atoms with E-state index in [4.69, 9.17) is 17.0 Å². The minimum absolute atomic E-state index is 0.236. The van der Waals surface area contributed by atoms with Gasteiger partial charge in [-0.1, -0.05) is 42.1 Å². The van der Waals surface area contributed by atoms with E-state index in [0.29, 0.717) is 23.8 Å². The minimum Gasteiger partial charge on any atom is -0.479 e. The molecule has 0 spiro atoms. The Balaban J connectivity index is 2.45. The number of thiocarbonyl (C=S) groups is 1. The summed E-state index contributed by atoms with van der Waals surface area (Å²) in [6.07, 6.45) is 1.04. The molecule has 0 aromatic heterocycles. The molecule has 0 aliphatic heterocycles. The fourth-order valence-electron chi connectivity index (χ4n) is 2.01. The molecule has 0 radical (unpaired) electrons. The zero-order valence-corrected chi connectivity index (χ0v) is 14.1. The van der Waals surface area contributed by atoms with Gasteiger partial charge in [0.1, 0.15) is 0 Å². The van der Waals surface area contributed by atoms with Gasteiger partial charge in [-0.2, -0.15) is 0 Å². The van der Waals surface area contributed by atoms with Crippen LogP contribution in [0.15, 0.2) is 30.3 Å². The highest BCUT2D eigenvalue weighted by Gasteiger charge is 2.22. The molecule has 2 atom stereocenters. The van der Waals surface area contributed by atoms with Crippen LogP contribution < -0.4 is 0 Å². The largest absolute Gasteiger partial charge is 0.479 e. The second-order valence-electron chi connectivity index (χ2n) is 4.85. The molecule has 7 heteroatoms. The standard InChI is InChI=1S/C15H21NO4S2/c1-2-20-15(21)22-14(11-16(18)19)10-13(17)9-8-12-6-4-3-5-7-12/h3-7,13-14,17H,2,8-11H2,1H3. The molecule has 0 bridgehead atoms. The number of aliphatic hydroxyl groups is 1. The van der Waals surface area contributed by atoms with Crippen LogP contribution in [0.3, 0.4) is 0 Å². The molecule has 0 saturated heterocycles. The van der Waals surface area contributed by atoms with Gasteiger partial charge in [-0.25, -0.2) is 0 Å². The second kappa shape index (κ2) is 10.5. The van der Waals surface area contributed by atoms with Crippen LogP contribution in [0.25, 0.3) is 0 Å². The van der Waals surface area contributed by atoms with E-state index in [1.807, 2.05) is 37.3 Å². The van der Waals surface area contributed by atoms with E-state index < -0.39 is 6.10 Å². The van der Waals surface area contributed by atoms with Crippen molar-refractivity contribution in [3.05, 3.63) is 46.0 Å². The van der Waals surface area contributed by atoms with Crippen LogP contribution in [-0.2, 0) is 11.2 Å². The third-order valence-electron chi connectivity index (χ3n) is 3.02. The lowest BCUT2D eigenvalue weighted by atomic mass is 10.0. The summed E-state index contributed by atoms with van der Waals surface area (Å²) >= 11 is 6.17. The molecule has 1 N–H and O–H groups in total. The Morgan fingerprint density at radius 3 is 2.73 bits per heavy atom. The first-order valence-electron chi connectivity index (χ1n) is 7.18. The summed E-state index contributed by atoms with van der Waals surface area (Å²) in [5.41, 5.74) is 1.14. The van der Waals surface area contributed by atoms with Crippen molar-refractivity contribution >= 4 is 28.4 Å². The van der Waals surface area contributed by atoms with E-state index >= 15 is 0 Å². The van der Waals surface area contributed by atoms with Crippen molar-refractivity contribution in [2.75, 3.05) is 13.2 Å². The average Bonchev–Trinajstić information content (AvgIpc) is 2.45. The summed E-state index contributed by atoms with van der Waals surface area (Å²) < 4.78 is 5.45. The Labute approximate surface area is 140 Å². The minimum atomic E-state index is -0.595. The van der Waals surface area contributed by atoms with Gasteiger partial charge < -0.3 is 9.84 Å². The zero-order valence-electron chi connectivity index (χ0n) is 12.5. The van der Waals surface area contributed by atoms with Crippen LogP contribution in [0.4, 0.5) is 0 Å². The molecule has 1 aromatic rings. The lowest BCUT2D eigenvalue weighted by Gasteiger charge is -2.17. The molecule has 22 heavy (non-hydrogen) atoms. The van der Waals surface area contributed by atoms with Crippen LogP contribution in [-0.4, -0.2) is 38.9 Å². The first-order valence-corrected chi connectivity index (χ1v) is 8.47. The molecule has 5 nitrogen and oxygen atoms in total. The molecule has 1 aromatic carbocycles. The van der Waals surface area contributed by atoms with E-state index in [2.05, 4.69) is 0 Å². The number of ether oxygens (including phenoxy) is 1. The summed E-state index contributed by atoms with van der Waals surface area (Å²) in [5.74, 6) is 0. The van der Waals surface area contributed by atoms with E-state index in [1.54, 1.807) is 0 Å². The van der Waals surface area contributed by atoms with Crippen molar-refractivity contribution in [2.45, 2.75) is 37.5 Å². The number of hydrogen-bond donors (Lipinski definition) is 1. The summed E-state index contributed by atoms with van der Waals surface area (Å²) in [7, 11) is 0. The van der Waals surface area contributed by atoms with E-state index in [1.165, 1.54) is 0 Å². The van der Waals surface area contributed by atoms with Gasteiger partial charge in [0.25, 0.3) is 0 Å². The maximum atomic E-state index is 10.7. The van der Waals surface area contributed by atoms with Crippen LogP contribution in [0.2, 0.25) is 0 Å². The lowest BCUT2D eigenvalue weighted by molar-refractivity contribution is -0.479. The van der Waals surface area contributed by atoms with Crippen molar-refractivity contribution in [1.82, 2.24) is 0 Å². The number of benzene rings is 1. The quantitative estimate of drug-likeness (QED) is 0.422. The van der Waals surface area contributed by atoms with Gasteiger partial charge in [0.2, 0.25) is 10.9 Å². The molecule has 0 saturated carbocycles. The SMILES string of the molecule is CCOC(=S)SC(CC(O)CCc1ccccc1)C[N+](=O)[O-]. The maximum Gasteiger partial charge on any atom is 0.220 e. The van der Waals surface area contributed by atoms with Gasteiger partial charge in [-0.15, -0.1) is 0 Å². The first kappa shape index (κ1) is 18.9. The molecule has 1 rings (SSSR count). The molecular weight excluding hydrogens is 322 g/mol. The number of hydrogen-bond acceptors (Lipinski definition) is 6. The summed E-state index contributed by atoms with van der Waals surface area (Å²) in [4.78, 5) is 10.4. The van der Waals surface area contributed by atoms with Gasteiger partial charge in [0, 0.05) is 4.92 Å². The summed E-state index contributed by atoms with van der Waals surface area (Å²) in [6, 6.07) is 9.85.